The van der Waals surface area contributed by atoms with Gasteiger partial charge in [-0.2, -0.15) is 0 Å². The van der Waals surface area contributed by atoms with Crippen LogP contribution in [0.25, 0.3) is 0 Å². The molecule has 19 heteroatoms. The third-order valence-corrected chi connectivity index (χ3v) is 20.0. The molecule has 3 unspecified atom stereocenters. The van der Waals surface area contributed by atoms with Gasteiger partial charge in [-0.05, 0) is 37.5 Å². The normalized spacial score (nSPS) is 14.3. The molecule has 3 N–H and O–H groups in total. The van der Waals surface area contributed by atoms with E-state index < -0.39 is 97.5 Å². The molecule has 6 atom stereocenters. The van der Waals surface area contributed by atoms with Crippen LogP contribution >= 0.6 is 15.6 Å². The minimum Gasteiger partial charge on any atom is -0.462 e. The highest BCUT2D eigenvalue weighted by molar-refractivity contribution is 7.47. The minimum atomic E-state index is -4.96. The average molecular weight is 1400 g/mol. The van der Waals surface area contributed by atoms with Crippen molar-refractivity contribution in [3.05, 3.63) is 0 Å². The van der Waals surface area contributed by atoms with Gasteiger partial charge in [-0.3, -0.25) is 37.3 Å². The second kappa shape index (κ2) is 67.9. The van der Waals surface area contributed by atoms with E-state index in [1.165, 1.54) is 212 Å². The lowest BCUT2D eigenvalue weighted by atomic mass is 9.99. The van der Waals surface area contributed by atoms with E-state index in [4.69, 9.17) is 37.0 Å². The molecule has 0 heterocycles. The summed E-state index contributed by atoms with van der Waals surface area (Å²) >= 11 is 0. The van der Waals surface area contributed by atoms with Crippen molar-refractivity contribution in [2.45, 2.75) is 413 Å². The van der Waals surface area contributed by atoms with Crippen molar-refractivity contribution in [1.29, 1.82) is 0 Å². The largest absolute Gasteiger partial charge is 0.472 e. The molecule has 0 saturated carbocycles. The zero-order chi connectivity index (χ0) is 70.0. The van der Waals surface area contributed by atoms with Crippen molar-refractivity contribution in [3.63, 3.8) is 0 Å². The number of carbonyl (C=O) groups is 4. The van der Waals surface area contributed by atoms with Crippen LogP contribution in [0.1, 0.15) is 395 Å². The first kappa shape index (κ1) is 93.1. The Morgan fingerprint density at radius 1 is 0.305 bits per heavy atom. The number of phosphoric acid groups is 2. The maximum absolute atomic E-state index is 13.1. The Kier molecular flexibility index (Phi) is 66.5. The predicted molar refractivity (Wildman–Crippen MR) is 386 cm³/mol. The second-order valence-electron chi connectivity index (χ2n) is 28.1. The Labute approximate surface area is 581 Å². The van der Waals surface area contributed by atoms with Crippen LogP contribution < -0.4 is 0 Å². The van der Waals surface area contributed by atoms with Crippen molar-refractivity contribution < 1.29 is 80.2 Å². The molecule has 95 heavy (non-hydrogen) atoms. The highest BCUT2D eigenvalue weighted by Crippen LogP contribution is 2.45. The first-order valence-electron chi connectivity index (χ1n) is 39.5. The van der Waals surface area contributed by atoms with Crippen LogP contribution in [0.15, 0.2) is 0 Å². The van der Waals surface area contributed by atoms with Gasteiger partial charge in [0, 0.05) is 25.7 Å². The fourth-order valence-corrected chi connectivity index (χ4v) is 13.2. The summed E-state index contributed by atoms with van der Waals surface area (Å²) in [5.41, 5.74) is 0. The first-order valence-corrected chi connectivity index (χ1v) is 42.5. The molecule has 0 saturated heterocycles. The van der Waals surface area contributed by atoms with E-state index in [1.54, 1.807) is 0 Å². The van der Waals surface area contributed by atoms with Crippen LogP contribution in [0.4, 0.5) is 0 Å². The van der Waals surface area contributed by atoms with Crippen LogP contribution in [-0.2, 0) is 65.4 Å². The molecule has 0 aliphatic rings. The number of hydrogen-bond acceptors (Lipinski definition) is 15. The molecule has 0 aliphatic carbocycles. The first-order chi connectivity index (χ1) is 45.9. The van der Waals surface area contributed by atoms with Crippen LogP contribution in [0, 0.1) is 11.8 Å². The predicted octanol–water partition coefficient (Wildman–Crippen LogP) is 22.3. The van der Waals surface area contributed by atoms with Crippen LogP contribution in [0.5, 0.6) is 0 Å². The fraction of sp³-hybridized carbons (Fsp3) is 0.947. The zero-order valence-electron chi connectivity index (χ0n) is 62.0. The lowest BCUT2D eigenvalue weighted by molar-refractivity contribution is -0.161. The Balaban J connectivity index is 5.21. The van der Waals surface area contributed by atoms with Gasteiger partial charge in [-0.15, -0.1) is 0 Å². The minimum absolute atomic E-state index is 0.105. The number of hydrogen-bond donors (Lipinski definition) is 3. The van der Waals surface area contributed by atoms with Gasteiger partial charge in [0.2, 0.25) is 0 Å². The van der Waals surface area contributed by atoms with Crippen molar-refractivity contribution in [1.82, 2.24) is 0 Å². The molecule has 0 bridgehead atoms. The maximum Gasteiger partial charge on any atom is 0.472 e. The van der Waals surface area contributed by atoms with Crippen molar-refractivity contribution in [3.8, 4) is 0 Å². The summed E-state index contributed by atoms with van der Waals surface area (Å²) in [4.78, 5) is 72.7. The summed E-state index contributed by atoms with van der Waals surface area (Å²) in [7, 11) is -9.91. The van der Waals surface area contributed by atoms with E-state index >= 15 is 0 Å². The molecular weight excluding hydrogens is 1250 g/mol. The summed E-state index contributed by atoms with van der Waals surface area (Å²) in [6.45, 7) is 9.58. The van der Waals surface area contributed by atoms with Crippen LogP contribution in [0.2, 0.25) is 0 Å². The average Bonchev–Trinajstić information content (AvgIpc) is 2.12. The summed E-state index contributed by atoms with van der Waals surface area (Å²) in [6.07, 6.45) is 55.5. The molecule has 0 aromatic rings. The van der Waals surface area contributed by atoms with Gasteiger partial charge in [0.05, 0.1) is 26.4 Å². The van der Waals surface area contributed by atoms with Crippen LogP contribution in [-0.4, -0.2) is 96.7 Å². The van der Waals surface area contributed by atoms with Gasteiger partial charge in [-0.1, -0.05) is 343 Å². The van der Waals surface area contributed by atoms with E-state index in [2.05, 4.69) is 41.5 Å². The molecule has 0 amide bonds. The molecule has 0 aromatic heterocycles. The number of unbranched alkanes of at least 4 members (excludes halogenated alkanes) is 44. The van der Waals surface area contributed by atoms with Crippen molar-refractivity contribution >= 4 is 39.5 Å². The smallest absolute Gasteiger partial charge is 0.462 e. The van der Waals surface area contributed by atoms with E-state index in [0.717, 1.165) is 102 Å². The SMILES string of the molecule is CCCCCCCCCCCCCCCCCCCCCCC(=O)O[C@H](COC(=O)CCCCCCCCCCCCCC(C)C)COP(=O)(O)OC[C@@H](O)COP(=O)(O)OC[C@@H](COC(=O)CCCCCCCCCCC)OC(=O)CCCCCCCCCCC(C)CC. The number of aliphatic hydroxyl groups excluding tert-OH is 1. The molecule has 17 nitrogen and oxygen atoms in total. The lowest BCUT2D eigenvalue weighted by Gasteiger charge is -2.21. The molecule has 0 rings (SSSR count). The Bertz CT molecular complexity index is 1840. The summed E-state index contributed by atoms with van der Waals surface area (Å²) < 4.78 is 68.5. The highest BCUT2D eigenvalue weighted by Gasteiger charge is 2.30. The molecule has 0 spiro atoms. The van der Waals surface area contributed by atoms with Gasteiger partial charge >= 0.3 is 39.5 Å². The maximum atomic E-state index is 13.1. The standard InChI is InChI=1S/C76H148O17P2/c1-7-10-12-14-16-18-19-20-21-22-23-24-25-26-27-30-35-42-48-54-60-75(80)92-71(65-87-74(79)59-53-47-41-34-31-28-29-33-38-44-50-56-68(4)5)66-90-94(82,83)88-62-70(77)63-89-95(84,85)91-67-72(64-86-73(78)58-52-46-40-32-17-15-13-11-8-2)93-76(81)61-55-49-43-37-36-39-45-51-57-69(6)9-3/h68-72,77H,7-67H2,1-6H3,(H,82,83)(H,84,85)/t69?,70-,71-,72-/m1/s1. The summed E-state index contributed by atoms with van der Waals surface area (Å²) in [5.74, 6) is -0.578. The van der Waals surface area contributed by atoms with Crippen LogP contribution in [0.3, 0.4) is 0 Å². The molecule has 0 radical (unpaired) electrons. The third kappa shape index (κ3) is 69.0. The molecule has 0 aliphatic heterocycles. The number of rotatable bonds is 75. The molecule has 564 valence electrons. The summed E-state index contributed by atoms with van der Waals surface area (Å²) in [6, 6.07) is 0. The second-order valence-corrected chi connectivity index (χ2v) is 31.0. The highest BCUT2D eigenvalue weighted by atomic mass is 31.2. The van der Waals surface area contributed by atoms with Crippen molar-refractivity contribution in [2.24, 2.45) is 11.8 Å². The van der Waals surface area contributed by atoms with Gasteiger partial charge in [0.1, 0.15) is 19.3 Å². The van der Waals surface area contributed by atoms with Gasteiger partial charge in [0.25, 0.3) is 0 Å². The van der Waals surface area contributed by atoms with E-state index in [-0.39, 0.29) is 25.7 Å². The topological polar surface area (TPSA) is 237 Å². The number of carbonyl (C=O) groups excluding carboxylic acids is 4. The zero-order valence-corrected chi connectivity index (χ0v) is 63.8. The number of ether oxygens (including phenoxy) is 4. The van der Waals surface area contributed by atoms with Gasteiger partial charge in [-0.25, -0.2) is 9.13 Å². The molecule has 0 fully saturated rings. The number of esters is 4. The lowest BCUT2D eigenvalue weighted by Crippen LogP contribution is -2.30. The number of phosphoric ester groups is 2. The van der Waals surface area contributed by atoms with E-state index in [0.29, 0.717) is 25.7 Å². The van der Waals surface area contributed by atoms with Gasteiger partial charge < -0.3 is 33.8 Å². The van der Waals surface area contributed by atoms with Gasteiger partial charge in [0.15, 0.2) is 12.2 Å². The summed E-state index contributed by atoms with van der Waals surface area (Å²) in [5, 5.41) is 10.6. The Morgan fingerprint density at radius 3 is 0.800 bits per heavy atom. The monoisotopic (exact) mass is 1400 g/mol. The van der Waals surface area contributed by atoms with E-state index in [1.807, 2.05) is 0 Å². The van der Waals surface area contributed by atoms with E-state index in [9.17, 15) is 43.2 Å². The Morgan fingerprint density at radius 2 is 0.537 bits per heavy atom. The molecular formula is C76H148O17P2. The fourth-order valence-electron chi connectivity index (χ4n) is 11.6. The Hall–Kier alpha value is -1.94. The third-order valence-electron chi connectivity index (χ3n) is 18.1. The van der Waals surface area contributed by atoms with Crippen molar-refractivity contribution in [2.75, 3.05) is 39.6 Å². The molecule has 0 aromatic carbocycles. The number of aliphatic hydroxyl groups is 1. The quantitative estimate of drug-likeness (QED) is 0.0222.